The van der Waals surface area contributed by atoms with Crippen LogP contribution < -0.4 is 10.1 Å². The Kier molecular flexibility index (Phi) is 6.06. The van der Waals surface area contributed by atoms with E-state index >= 15 is 0 Å². The maximum absolute atomic E-state index is 12.0. The van der Waals surface area contributed by atoms with Crippen LogP contribution in [-0.4, -0.2) is 29.8 Å². The fraction of sp³-hybridized carbons (Fsp3) is 0.562. The molecule has 0 saturated heterocycles. The highest BCUT2D eigenvalue weighted by Gasteiger charge is 2.24. The van der Waals surface area contributed by atoms with Crippen LogP contribution in [0.25, 0.3) is 0 Å². The van der Waals surface area contributed by atoms with Gasteiger partial charge >= 0.3 is 0 Å². The summed E-state index contributed by atoms with van der Waals surface area (Å²) in [6, 6.07) is 7.38. The second kappa shape index (κ2) is 7.80. The van der Waals surface area contributed by atoms with Crippen molar-refractivity contribution in [3.05, 3.63) is 28.7 Å². The molecule has 116 valence electrons. The van der Waals surface area contributed by atoms with E-state index in [1.165, 1.54) is 0 Å². The third kappa shape index (κ3) is 5.00. The van der Waals surface area contributed by atoms with Crippen molar-refractivity contribution in [2.45, 2.75) is 44.8 Å². The van der Waals surface area contributed by atoms with Gasteiger partial charge in [-0.25, -0.2) is 0 Å². The molecule has 5 heteroatoms. The number of hydrogen-bond acceptors (Lipinski definition) is 3. The fourth-order valence-electron chi connectivity index (χ4n) is 2.57. The third-order valence-electron chi connectivity index (χ3n) is 3.90. The maximum atomic E-state index is 12.0. The van der Waals surface area contributed by atoms with Gasteiger partial charge in [0.15, 0.2) is 6.10 Å². The Balaban J connectivity index is 1.78. The van der Waals surface area contributed by atoms with Crippen LogP contribution in [0, 0.1) is 5.92 Å². The number of ether oxygens (including phenoxy) is 1. The Morgan fingerprint density at radius 1 is 1.38 bits per heavy atom. The molecule has 4 nitrogen and oxygen atoms in total. The quantitative estimate of drug-likeness (QED) is 0.853. The number of aliphatic hydroxyl groups excluding tert-OH is 1. The van der Waals surface area contributed by atoms with Crippen molar-refractivity contribution in [3.8, 4) is 5.75 Å². The highest BCUT2D eigenvalue weighted by Crippen LogP contribution is 2.23. The van der Waals surface area contributed by atoms with Crippen molar-refractivity contribution in [1.82, 2.24) is 5.32 Å². The first-order valence-electron chi connectivity index (χ1n) is 7.44. The molecule has 1 aliphatic carbocycles. The van der Waals surface area contributed by atoms with Crippen molar-refractivity contribution in [2.75, 3.05) is 6.54 Å². The van der Waals surface area contributed by atoms with Crippen LogP contribution in [0.2, 0.25) is 0 Å². The summed E-state index contributed by atoms with van der Waals surface area (Å²) in [4.78, 5) is 12.0. The number of carbonyl (C=O) groups is 1. The van der Waals surface area contributed by atoms with Crippen LogP contribution in [0.3, 0.4) is 0 Å². The van der Waals surface area contributed by atoms with Gasteiger partial charge in [-0.05, 0) is 44.0 Å². The molecule has 1 fully saturated rings. The number of rotatable bonds is 5. The van der Waals surface area contributed by atoms with Gasteiger partial charge in [0, 0.05) is 16.9 Å². The largest absolute Gasteiger partial charge is 0.481 e. The van der Waals surface area contributed by atoms with Crippen LogP contribution in [0.15, 0.2) is 28.7 Å². The molecule has 0 heterocycles. The molecular formula is C16H22BrNO3. The summed E-state index contributed by atoms with van der Waals surface area (Å²) >= 11 is 3.36. The smallest absolute Gasteiger partial charge is 0.260 e. The van der Waals surface area contributed by atoms with E-state index in [2.05, 4.69) is 21.2 Å². The van der Waals surface area contributed by atoms with Crippen LogP contribution in [0.4, 0.5) is 0 Å². The van der Waals surface area contributed by atoms with Gasteiger partial charge in [-0.15, -0.1) is 0 Å². The Labute approximate surface area is 134 Å². The van der Waals surface area contributed by atoms with Crippen molar-refractivity contribution >= 4 is 21.8 Å². The van der Waals surface area contributed by atoms with Crippen LogP contribution in [-0.2, 0) is 4.79 Å². The molecule has 21 heavy (non-hydrogen) atoms. The Hall–Kier alpha value is -1.07. The summed E-state index contributed by atoms with van der Waals surface area (Å²) in [6.07, 6.45) is 3.18. The highest BCUT2D eigenvalue weighted by molar-refractivity contribution is 9.10. The van der Waals surface area contributed by atoms with Crippen LogP contribution in [0.1, 0.15) is 32.6 Å². The van der Waals surface area contributed by atoms with Crippen molar-refractivity contribution in [1.29, 1.82) is 0 Å². The minimum absolute atomic E-state index is 0.143. The number of amides is 1. The van der Waals surface area contributed by atoms with Crippen molar-refractivity contribution in [3.63, 3.8) is 0 Å². The van der Waals surface area contributed by atoms with E-state index in [9.17, 15) is 9.90 Å². The summed E-state index contributed by atoms with van der Waals surface area (Å²) in [5.41, 5.74) is 0. The average molecular weight is 356 g/mol. The lowest BCUT2D eigenvalue weighted by molar-refractivity contribution is -0.127. The first kappa shape index (κ1) is 16.3. The normalized spacial score (nSPS) is 23.4. The zero-order chi connectivity index (χ0) is 15.2. The SMILES string of the molecule is CC(Oc1ccc(Br)cc1)C(=O)NCC1CCCCC1O. The Bertz CT molecular complexity index is 463. The van der Waals surface area contributed by atoms with Gasteiger partial charge in [0.1, 0.15) is 5.75 Å². The average Bonchev–Trinajstić information content (AvgIpc) is 2.48. The lowest BCUT2D eigenvalue weighted by Gasteiger charge is -2.28. The fourth-order valence-corrected chi connectivity index (χ4v) is 2.84. The topological polar surface area (TPSA) is 58.6 Å². The zero-order valence-corrected chi connectivity index (χ0v) is 13.8. The summed E-state index contributed by atoms with van der Waals surface area (Å²) in [5.74, 6) is 0.692. The van der Waals surface area contributed by atoms with Crippen LogP contribution >= 0.6 is 15.9 Å². The van der Waals surface area contributed by atoms with E-state index in [0.717, 1.165) is 30.2 Å². The van der Waals surface area contributed by atoms with Gasteiger partial charge in [-0.2, -0.15) is 0 Å². The van der Waals surface area contributed by atoms with Gasteiger partial charge in [0.25, 0.3) is 5.91 Å². The predicted molar refractivity (Wildman–Crippen MR) is 85.2 cm³/mol. The van der Waals surface area contributed by atoms with E-state index in [1.807, 2.05) is 24.3 Å². The highest BCUT2D eigenvalue weighted by atomic mass is 79.9. The molecule has 1 aromatic rings. The second-order valence-electron chi connectivity index (χ2n) is 5.57. The van der Waals surface area contributed by atoms with E-state index in [-0.39, 0.29) is 17.9 Å². The molecule has 0 radical (unpaired) electrons. The van der Waals surface area contributed by atoms with Gasteiger partial charge in [-0.1, -0.05) is 28.8 Å². The third-order valence-corrected chi connectivity index (χ3v) is 4.43. The molecular weight excluding hydrogens is 334 g/mol. The molecule has 1 aliphatic rings. The summed E-state index contributed by atoms with van der Waals surface area (Å²) < 4.78 is 6.57. The van der Waals surface area contributed by atoms with E-state index < -0.39 is 6.10 Å². The maximum Gasteiger partial charge on any atom is 0.260 e. The summed E-state index contributed by atoms with van der Waals surface area (Å²) in [5, 5.41) is 12.8. The number of carbonyl (C=O) groups excluding carboxylic acids is 1. The molecule has 0 aromatic heterocycles. The molecule has 3 unspecified atom stereocenters. The van der Waals surface area contributed by atoms with Gasteiger partial charge in [0.2, 0.25) is 0 Å². The molecule has 1 amide bonds. The monoisotopic (exact) mass is 355 g/mol. The second-order valence-corrected chi connectivity index (χ2v) is 6.49. The number of halogens is 1. The first-order chi connectivity index (χ1) is 10.1. The molecule has 0 bridgehead atoms. The van der Waals surface area contributed by atoms with Gasteiger partial charge in [-0.3, -0.25) is 4.79 Å². The van der Waals surface area contributed by atoms with E-state index in [0.29, 0.717) is 12.3 Å². The standard InChI is InChI=1S/C16H22BrNO3/c1-11(21-14-8-6-13(17)7-9-14)16(20)18-10-12-4-2-3-5-15(12)19/h6-9,11-12,15,19H,2-5,10H2,1H3,(H,18,20). The number of aliphatic hydroxyl groups is 1. The lowest BCUT2D eigenvalue weighted by atomic mass is 9.86. The van der Waals surface area contributed by atoms with Crippen molar-refractivity contribution in [2.24, 2.45) is 5.92 Å². The van der Waals surface area contributed by atoms with E-state index in [1.54, 1.807) is 6.92 Å². The molecule has 0 aliphatic heterocycles. The van der Waals surface area contributed by atoms with Crippen LogP contribution in [0.5, 0.6) is 5.75 Å². The molecule has 1 saturated carbocycles. The predicted octanol–water partition coefficient (Wildman–Crippen LogP) is 2.88. The minimum Gasteiger partial charge on any atom is -0.481 e. The Morgan fingerprint density at radius 3 is 2.71 bits per heavy atom. The number of hydrogen-bond donors (Lipinski definition) is 2. The number of benzene rings is 1. The molecule has 1 aromatic carbocycles. The first-order valence-corrected chi connectivity index (χ1v) is 8.23. The van der Waals surface area contributed by atoms with Gasteiger partial charge in [0.05, 0.1) is 6.10 Å². The molecule has 2 rings (SSSR count). The molecule has 3 atom stereocenters. The lowest BCUT2D eigenvalue weighted by Crippen LogP contribution is -2.42. The van der Waals surface area contributed by atoms with E-state index in [4.69, 9.17) is 4.74 Å². The number of nitrogens with one attached hydrogen (secondary N) is 1. The summed E-state index contributed by atoms with van der Waals surface area (Å²) in [7, 11) is 0. The minimum atomic E-state index is -0.549. The summed E-state index contributed by atoms with van der Waals surface area (Å²) in [6.45, 7) is 2.25. The Morgan fingerprint density at radius 2 is 2.05 bits per heavy atom. The van der Waals surface area contributed by atoms with Gasteiger partial charge < -0.3 is 15.2 Å². The molecule has 2 N–H and O–H groups in total. The zero-order valence-electron chi connectivity index (χ0n) is 12.2. The molecule has 0 spiro atoms. The van der Waals surface area contributed by atoms with Crippen molar-refractivity contribution < 1.29 is 14.6 Å².